The molecule has 1 aliphatic heterocycles. The van der Waals surface area contributed by atoms with Gasteiger partial charge in [0.2, 0.25) is 0 Å². The van der Waals surface area contributed by atoms with Crippen molar-refractivity contribution in [1.29, 1.82) is 0 Å². The molecule has 0 atom stereocenters. The number of nitro benzene ring substituents is 1. The van der Waals surface area contributed by atoms with Gasteiger partial charge >= 0.3 is 0 Å². The van der Waals surface area contributed by atoms with Crippen molar-refractivity contribution in [3.05, 3.63) is 45.2 Å². The number of halogens is 1. The van der Waals surface area contributed by atoms with Crippen molar-refractivity contribution in [2.75, 3.05) is 26.2 Å². The molecule has 0 unspecified atom stereocenters. The van der Waals surface area contributed by atoms with E-state index in [1.165, 1.54) is 24.4 Å². The fourth-order valence-electron chi connectivity index (χ4n) is 2.58. The summed E-state index contributed by atoms with van der Waals surface area (Å²) >= 11 is 6.18. The highest BCUT2D eigenvalue weighted by Crippen LogP contribution is 2.33. The molecular weight excluding hydrogens is 308 g/mol. The summed E-state index contributed by atoms with van der Waals surface area (Å²) in [7, 11) is 0. The van der Waals surface area contributed by atoms with Crippen molar-refractivity contribution in [1.82, 2.24) is 15.2 Å². The van der Waals surface area contributed by atoms with E-state index in [1.54, 1.807) is 4.90 Å². The number of pyridine rings is 1. The van der Waals surface area contributed by atoms with Crippen LogP contribution in [0, 0.1) is 10.1 Å². The molecule has 1 N–H and O–H groups in total. The van der Waals surface area contributed by atoms with E-state index in [2.05, 4.69) is 10.3 Å². The van der Waals surface area contributed by atoms with Crippen molar-refractivity contribution in [2.24, 2.45) is 0 Å². The molecule has 22 heavy (non-hydrogen) atoms. The van der Waals surface area contributed by atoms with Crippen LogP contribution in [0.5, 0.6) is 0 Å². The van der Waals surface area contributed by atoms with Crippen molar-refractivity contribution < 1.29 is 9.72 Å². The highest BCUT2D eigenvalue weighted by Gasteiger charge is 2.24. The first kappa shape index (κ1) is 14.7. The number of non-ortho nitro benzene ring substituents is 1. The molecule has 2 aromatic rings. The van der Waals surface area contributed by atoms with Gasteiger partial charge < -0.3 is 10.2 Å². The molecule has 0 saturated carbocycles. The number of carbonyl (C=O) groups is 1. The Labute approximate surface area is 131 Å². The number of nitrogens with zero attached hydrogens (tertiary/aromatic N) is 3. The highest BCUT2D eigenvalue weighted by molar-refractivity contribution is 6.37. The van der Waals surface area contributed by atoms with E-state index in [0.29, 0.717) is 37.0 Å². The molecule has 0 spiro atoms. The quantitative estimate of drug-likeness (QED) is 0.673. The van der Waals surface area contributed by atoms with Crippen LogP contribution in [0.3, 0.4) is 0 Å². The van der Waals surface area contributed by atoms with Crippen LogP contribution in [-0.4, -0.2) is 46.9 Å². The maximum atomic E-state index is 12.7. The number of hydrogen-bond acceptors (Lipinski definition) is 5. The van der Waals surface area contributed by atoms with E-state index >= 15 is 0 Å². The molecule has 7 nitrogen and oxygen atoms in total. The van der Waals surface area contributed by atoms with Gasteiger partial charge in [0.1, 0.15) is 5.69 Å². The van der Waals surface area contributed by atoms with Gasteiger partial charge in [-0.3, -0.25) is 19.9 Å². The van der Waals surface area contributed by atoms with E-state index in [4.69, 9.17) is 11.6 Å². The molecule has 1 saturated heterocycles. The number of amides is 1. The summed E-state index contributed by atoms with van der Waals surface area (Å²) in [6, 6.07) is 4.27. The zero-order valence-electron chi connectivity index (χ0n) is 11.6. The topological polar surface area (TPSA) is 88.4 Å². The summed E-state index contributed by atoms with van der Waals surface area (Å²) in [5.74, 6) is -0.255. The van der Waals surface area contributed by atoms with E-state index in [1.807, 2.05) is 0 Å². The fourth-order valence-corrected chi connectivity index (χ4v) is 2.84. The third-order valence-corrected chi connectivity index (χ3v) is 3.97. The Hall–Kier alpha value is -2.25. The van der Waals surface area contributed by atoms with Crippen LogP contribution in [-0.2, 0) is 0 Å². The Balaban J connectivity index is 2.15. The highest BCUT2D eigenvalue weighted by atomic mass is 35.5. The lowest BCUT2D eigenvalue weighted by Gasteiger charge is -2.27. The number of aromatic nitrogens is 1. The molecule has 1 aliphatic rings. The molecule has 3 rings (SSSR count). The third kappa shape index (κ3) is 2.49. The molecule has 114 valence electrons. The summed E-state index contributed by atoms with van der Waals surface area (Å²) < 4.78 is 0. The van der Waals surface area contributed by atoms with E-state index in [9.17, 15) is 14.9 Å². The standard InChI is InChI=1S/C14H13ClN4O3/c15-10-1-2-11(19(21)22)9-3-4-17-13(12(9)10)14(20)18-7-5-16-6-8-18/h1-4,16H,5-8H2. The van der Waals surface area contributed by atoms with Crippen LogP contribution in [0.25, 0.3) is 10.8 Å². The van der Waals surface area contributed by atoms with Gasteiger partial charge in [0.05, 0.1) is 15.3 Å². The van der Waals surface area contributed by atoms with Crippen LogP contribution < -0.4 is 5.32 Å². The van der Waals surface area contributed by atoms with Gasteiger partial charge in [0.25, 0.3) is 11.6 Å². The number of nitro groups is 1. The lowest BCUT2D eigenvalue weighted by Crippen LogP contribution is -2.46. The average molecular weight is 321 g/mol. The lowest BCUT2D eigenvalue weighted by molar-refractivity contribution is -0.383. The zero-order chi connectivity index (χ0) is 15.7. The Bertz CT molecular complexity index is 759. The number of rotatable bonds is 2. The first-order valence-corrected chi connectivity index (χ1v) is 7.19. The van der Waals surface area contributed by atoms with Gasteiger partial charge in [0, 0.05) is 43.8 Å². The van der Waals surface area contributed by atoms with Crippen LogP contribution in [0.2, 0.25) is 5.02 Å². The molecule has 8 heteroatoms. The Morgan fingerprint density at radius 2 is 2.05 bits per heavy atom. The minimum atomic E-state index is -0.488. The van der Waals surface area contributed by atoms with Gasteiger partial charge in [-0.1, -0.05) is 11.6 Å². The molecule has 0 bridgehead atoms. The first-order chi connectivity index (χ1) is 10.6. The number of fused-ring (bicyclic) bond motifs is 1. The third-order valence-electron chi connectivity index (χ3n) is 3.66. The number of piperazine rings is 1. The van der Waals surface area contributed by atoms with Crippen LogP contribution in [0.1, 0.15) is 10.5 Å². The lowest BCUT2D eigenvalue weighted by atomic mass is 10.1. The first-order valence-electron chi connectivity index (χ1n) is 6.81. The van der Waals surface area contributed by atoms with Crippen molar-refractivity contribution in [3.8, 4) is 0 Å². The summed E-state index contributed by atoms with van der Waals surface area (Å²) in [6.45, 7) is 2.57. The molecule has 0 aliphatic carbocycles. The van der Waals surface area contributed by atoms with Crippen molar-refractivity contribution >= 4 is 34.0 Å². The fraction of sp³-hybridized carbons (Fsp3) is 0.286. The van der Waals surface area contributed by atoms with Crippen LogP contribution in [0.4, 0.5) is 5.69 Å². The number of hydrogen-bond donors (Lipinski definition) is 1. The predicted molar refractivity (Wildman–Crippen MR) is 82.2 cm³/mol. The largest absolute Gasteiger partial charge is 0.335 e. The Morgan fingerprint density at radius 1 is 1.32 bits per heavy atom. The monoisotopic (exact) mass is 320 g/mol. The summed E-state index contributed by atoms with van der Waals surface area (Å²) in [5.41, 5.74) is 0.0734. The molecule has 1 aromatic heterocycles. The number of carbonyl (C=O) groups excluding carboxylic acids is 1. The smallest absolute Gasteiger partial charge is 0.277 e. The molecule has 0 radical (unpaired) electrons. The summed E-state index contributed by atoms with van der Waals surface area (Å²) in [5, 5.41) is 15.3. The second-order valence-electron chi connectivity index (χ2n) is 4.95. The van der Waals surface area contributed by atoms with E-state index < -0.39 is 4.92 Å². The summed E-state index contributed by atoms with van der Waals surface area (Å²) in [4.78, 5) is 29.1. The van der Waals surface area contributed by atoms with Gasteiger partial charge in [-0.25, -0.2) is 0 Å². The summed E-state index contributed by atoms with van der Waals surface area (Å²) in [6.07, 6.45) is 1.40. The maximum absolute atomic E-state index is 12.7. The number of nitrogens with one attached hydrogen (secondary N) is 1. The number of benzene rings is 1. The van der Waals surface area contributed by atoms with E-state index in [0.717, 1.165) is 0 Å². The predicted octanol–water partition coefficient (Wildman–Crippen LogP) is 1.84. The zero-order valence-corrected chi connectivity index (χ0v) is 12.3. The van der Waals surface area contributed by atoms with Gasteiger partial charge in [0.15, 0.2) is 0 Å². The van der Waals surface area contributed by atoms with Gasteiger partial charge in [-0.15, -0.1) is 0 Å². The second-order valence-corrected chi connectivity index (χ2v) is 5.36. The van der Waals surface area contributed by atoms with Gasteiger partial charge in [-0.05, 0) is 12.1 Å². The van der Waals surface area contributed by atoms with Gasteiger partial charge in [-0.2, -0.15) is 0 Å². The average Bonchev–Trinajstić information content (AvgIpc) is 2.54. The second kappa shape index (κ2) is 5.86. The van der Waals surface area contributed by atoms with Crippen molar-refractivity contribution in [3.63, 3.8) is 0 Å². The van der Waals surface area contributed by atoms with Crippen molar-refractivity contribution in [2.45, 2.75) is 0 Å². The SMILES string of the molecule is O=C(c1nccc2c([N+](=O)[O-])ccc(Cl)c12)N1CCNCC1. The van der Waals surface area contributed by atoms with Crippen LogP contribution in [0.15, 0.2) is 24.4 Å². The minimum absolute atomic E-state index is 0.0869. The Morgan fingerprint density at radius 3 is 2.73 bits per heavy atom. The molecule has 1 aromatic carbocycles. The molecule has 2 heterocycles. The van der Waals surface area contributed by atoms with E-state index in [-0.39, 0.29) is 22.3 Å². The maximum Gasteiger partial charge on any atom is 0.277 e. The molecular formula is C14H13ClN4O3. The molecule has 1 fully saturated rings. The van der Waals surface area contributed by atoms with Crippen LogP contribution >= 0.6 is 11.6 Å². The minimum Gasteiger partial charge on any atom is -0.335 e. The normalized spacial score (nSPS) is 15.0. The molecule has 1 amide bonds. The Kier molecular flexibility index (Phi) is 3.91.